The number of esters is 1. The first-order chi connectivity index (χ1) is 13.0. The number of amides is 1. The van der Waals surface area contributed by atoms with Gasteiger partial charge in [0.25, 0.3) is 5.91 Å². The van der Waals surface area contributed by atoms with Crippen molar-refractivity contribution in [2.45, 2.75) is 6.42 Å². The molecule has 0 saturated heterocycles. The molecular formula is C20H19N3O4. The highest BCUT2D eigenvalue weighted by atomic mass is 16.5. The second-order valence-electron chi connectivity index (χ2n) is 5.56. The maximum Gasteiger partial charge on any atom is 0.337 e. The Morgan fingerprint density at radius 3 is 2.41 bits per heavy atom. The SMILES string of the molecule is COC(=O)c1ccc(N/C=C(/C#N)C(=O)NCCc2ccc(O)cc2)cc1. The second kappa shape index (κ2) is 9.63. The minimum absolute atomic E-state index is 0.0715. The van der Waals surface area contributed by atoms with Gasteiger partial charge in [0.05, 0.1) is 12.7 Å². The lowest BCUT2D eigenvalue weighted by atomic mass is 10.1. The van der Waals surface area contributed by atoms with Crippen LogP contribution >= 0.6 is 0 Å². The lowest BCUT2D eigenvalue weighted by Gasteiger charge is -2.06. The van der Waals surface area contributed by atoms with E-state index in [1.165, 1.54) is 13.3 Å². The van der Waals surface area contributed by atoms with Crippen LogP contribution in [0, 0.1) is 11.3 Å². The fourth-order valence-electron chi connectivity index (χ4n) is 2.20. The number of anilines is 1. The number of phenols is 1. The number of carbonyl (C=O) groups excluding carboxylic acids is 2. The van der Waals surface area contributed by atoms with Crippen molar-refractivity contribution in [2.24, 2.45) is 0 Å². The summed E-state index contributed by atoms with van der Waals surface area (Å²) >= 11 is 0. The van der Waals surface area contributed by atoms with Gasteiger partial charge >= 0.3 is 5.97 Å². The third kappa shape index (κ3) is 5.90. The van der Waals surface area contributed by atoms with Gasteiger partial charge in [0.1, 0.15) is 17.4 Å². The Kier molecular flexibility index (Phi) is 6.97. The van der Waals surface area contributed by atoms with E-state index in [4.69, 9.17) is 5.26 Å². The van der Waals surface area contributed by atoms with Crippen LogP contribution in [0.2, 0.25) is 0 Å². The van der Waals surface area contributed by atoms with E-state index in [1.807, 2.05) is 6.07 Å². The molecule has 2 rings (SSSR count). The number of hydrogen-bond donors (Lipinski definition) is 3. The third-order valence-corrected chi connectivity index (χ3v) is 3.69. The zero-order valence-electron chi connectivity index (χ0n) is 14.7. The number of nitrogens with one attached hydrogen (secondary N) is 2. The summed E-state index contributed by atoms with van der Waals surface area (Å²) in [5.41, 5.74) is 1.91. The lowest BCUT2D eigenvalue weighted by Crippen LogP contribution is -2.27. The van der Waals surface area contributed by atoms with E-state index in [2.05, 4.69) is 15.4 Å². The summed E-state index contributed by atoms with van der Waals surface area (Å²) in [7, 11) is 1.30. The Bertz CT molecular complexity index is 866. The topological polar surface area (TPSA) is 111 Å². The minimum Gasteiger partial charge on any atom is -0.508 e. The summed E-state index contributed by atoms with van der Waals surface area (Å²) in [6, 6.07) is 15.0. The molecule has 3 N–H and O–H groups in total. The fraction of sp³-hybridized carbons (Fsp3) is 0.150. The normalized spacial score (nSPS) is 10.6. The smallest absolute Gasteiger partial charge is 0.337 e. The van der Waals surface area contributed by atoms with Crippen LogP contribution in [0.1, 0.15) is 15.9 Å². The van der Waals surface area contributed by atoms with Gasteiger partial charge in [-0.25, -0.2) is 4.79 Å². The van der Waals surface area contributed by atoms with Crippen molar-refractivity contribution in [3.05, 3.63) is 71.4 Å². The van der Waals surface area contributed by atoms with Crippen molar-refractivity contribution in [1.82, 2.24) is 5.32 Å². The summed E-state index contributed by atoms with van der Waals surface area (Å²) in [6.45, 7) is 0.358. The van der Waals surface area contributed by atoms with Crippen molar-refractivity contribution >= 4 is 17.6 Å². The van der Waals surface area contributed by atoms with E-state index in [1.54, 1.807) is 48.5 Å². The minimum atomic E-state index is -0.491. The number of carbonyl (C=O) groups is 2. The van der Waals surface area contributed by atoms with Gasteiger partial charge in [0.2, 0.25) is 0 Å². The van der Waals surface area contributed by atoms with E-state index in [0.717, 1.165) is 5.56 Å². The lowest BCUT2D eigenvalue weighted by molar-refractivity contribution is -0.117. The van der Waals surface area contributed by atoms with Crippen LogP contribution in [0.4, 0.5) is 5.69 Å². The van der Waals surface area contributed by atoms with Gasteiger partial charge in [0, 0.05) is 18.4 Å². The van der Waals surface area contributed by atoms with Crippen molar-refractivity contribution in [3.8, 4) is 11.8 Å². The van der Waals surface area contributed by atoms with Gasteiger partial charge < -0.3 is 20.5 Å². The maximum absolute atomic E-state index is 12.1. The molecule has 0 heterocycles. The Morgan fingerprint density at radius 1 is 1.15 bits per heavy atom. The Labute approximate surface area is 156 Å². The fourth-order valence-corrected chi connectivity index (χ4v) is 2.20. The molecule has 0 atom stereocenters. The number of ether oxygens (including phenoxy) is 1. The van der Waals surface area contributed by atoms with E-state index in [9.17, 15) is 14.7 Å². The number of phenolic OH excluding ortho intramolecular Hbond substituents is 1. The molecule has 0 spiro atoms. The first kappa shape index (κ1) is 19.5. The summed E-state index contributed by atoms with van der Waals surface area (Å²) in [6.07, 6.45) is 1.89. The average Bonchev–Trinajstić information content (AvgIpc) is 2.70. The Hall–Kier alpha value is -3.79. The molecule has 1 amide bonds. The standard InChI is InChI=1S/C20H19N3O4/c1-27-20(26)15-4-6-17(7-5-15)23-13-16(12-21)19(25)22-11-10-14-2-8-18(24)9-3-14/h2-9,13,23-24H,10-11H2,1H3,(H,22,25)/b16-13-. The van der Waals surface area contributed by atoms with Crippen LogP contribution in [0.25, 0.3) is 0 Å². The average molecular weight is 365 g/mol. The van der Waals surface area contributed by atoms with Crippen molar-refractivity contribution in [2.75, 3.05) is 19.0 Å². The zero-order valence-corrected chi connectivity index (χ0v) is 14.7. The van der Waals surface area contributed by atoms with E-state index >= 15 is 0 Å². The van der Waals surface area contributed by atoms with Gasteiger partial charge in [0.15, 0.2) is 0 Å². The molecule has 0 aliphatic carbocycles. The largest absolute Gasteiger partial charge is 0.508 e. The van der Waals surface area contributed by atoms with E-state index in [0.29, 0.717) is 24.2 Å². The first-order valence-electron chi connectivity index (χ1n) is 8.15. The molecule has 0 aromatic heterocycles. The van der Waals surface area contributed by atoms with Gasteiger partial charge in [-0.2, -0.15) is 5.26 Å². The second-order valence-corrected chi connectivity index (χ2v) is 5.56. The number of hydrogen-bond acceptors (Lipinski definition) is 6. The molecule has 7 heteroatoms. The highest BCUT2D eigenvalue weighted by Gasteiger charge is 2.08. The van der Waals surface area contributed by atoms with Crippen LogP contribution in [-0.2, 0) is 16.0 Å². The summed E-state index contributed by atoms with van der Waals surface area (Å²) < 4.78 is 4.62. The van der Waals surface area contributed by atoms with Crippen molar-refractivity contribution in [1.29, 1.82) is 5.26 Å². The molecular weight excluding hydrogens is 346 g/mol. The highest BCUT2D eigenvalue weighted by Crippen LogP contribution is 2.11. The van der Waals surface area contributed by atoms with Crippen LogP contribution in [-0.4, -0.2) is 30.6 Å². The van der Waals surface area contributed by atoms with Crippen LogP contribution in [0.3, 0.4) is 0 Å². The molecule has 27 heavy (non-hydrogen) atoms. The molecule has 0 saturated carbocycles. The first-order valence-corrected chi connectivity index (χ1v) is 8.15. The van der Waals surface area contributed by atoms with Crippen LogP contribution in [0.5, 0.6) is 5.75 Å². The van der Waals surface area contributed by atoms with Gasteiger partial charge in [-0.15, -0.1) is 0 Å². The third-order valence-electron chi connectivity index (χ3n) is 3.69. The van der Waals surface area contributed by atoms with Crippen molar-refractivity contribution < 1.29 is 19.4 Å². The van der Waals surface area contributed by atoms with Crippen LogP contribution < -0.4 is 10.6 Å². The summed E-state index contributed by atoms with van der Waals surface area (Å²) in [4.78, 5) is 23.5. The van der Waals surface area contributed by atoms with Gasteiger partial charge in [-0.3, -0.25) is 4.79 Å². The molecule has 7 nitrogen and oxygen atoms in total. The predicted molar refractivity (Wildman–Crippen MR) is 99.9 cm³/mol. The predicted octanol–water partition coefficient (Wildman–Crippen LogP) is 2.36. The Balaban J connectivity index is 1.88. The van der Waals surface area contributed by atoms with E-state index < -0.39 is 11.9 Å². The van der Waals surface area contributed by atoms with Gasteiger partial charge in [-0.1, -0.05) is 12.1 Å². The monoisotopic (exact) mass is 365 g/mol. The molecule has 138 valence electrons. The zero-order chi connectivity index (χ0) is 19.6. The van der Waals surface area contributed by atoms with Gasteiger partial charge in [-0.05, 0) is 48.4 Å². The number of benzene rings is 2. The summed E-state index contributed by atoms with van der Waals surface area (Å²) in [5, 5.41) is 23.9. The molecule has 0 fully saturated rings. The Morgan fingerprint density at radius 2 is 1.81 bits per heavy atom. The molecule has 0 bridgehead atoms. The number of nitriles is 1. The van der Waals surface area contributed by atoms with Crippen LogP contribution in [0.15, 0.2) is 60.3 Å². The van der Waals surface area contributed by atoms with E-state index in [-0.39, 0.29) is 11.3 Å². The molecule has 0 aliphatic rings. The molecule has 0 aliphatic heterocycles. The molecule has 0 unspecified atom stereocenters. The highest BCUT2D eigenvalue weighted by molar-refractivity contribution is 5.97. The molecule has 2 aromatic rings. The quantitative estimate of drug-likeness (QED) is 0.395. The number of aromatic hydroxyl groups is 1. The summed E-state index contributed by atoms with van der Waals surface area (Å²) in [5.74, 6) is -0.749. The maximum atomic E-state index is 12.1. The molecule has 0 radical (unpaired) electrons. The molecule has 2 aromatic carbocycles. The number of methoxy groups -OCH3 is 1. The van der Waals surface area contributed by atoms with Crippen molar-refractivity contribution in [3.63, 3.8) is 0 Å². The number of nitrogens with zero attached hydrogens (tertiary/aromatic N) is 1. The number of rotatable bonds is 7.